The number of halogens is 1. The lowest BCUT2D eigenvalue weighted by atomic mass is 9.95. The summed E-state index contributed by atoms with van der Waals surface area (Å²) in [4.78, 5) is 28.5. The molecule has 208 valence electrons. The third kappa shape index (κ3) is 8.18. The maximum Gasteiger partial charge on any atom is 0.244 e. The Labute approximate surface area is 225 Å². The van der Waals surface area contributed by atoms with Crippen molar-refractivity contribution in [2.75, 3.05) is 23.7 Å². The first kappa shape index (κ1) is 29.4. The Morgan fingerprint density at radius 3 is 2.21 bits per heavy atom. The van der Waals surface area contributed by atoms with Crippen LogP contribution in [0, 0.1) is 5.82 Å². The molecule has 1 aliphatic rings. The van der Waals surface area contributed by atoms with Gasteiger partial charge in [0.2, 0.25) is 21.8 Å². The minimum absolute atomic E-state index is 0.0383. The van der Waals surface area contributed by atoms with Crippen molar-refractivity contribution in [2.24, 2.45) is 0 Å². The molecule has 8 nitrogen and oxygen atoms in total. The number of carbonyl (C=O) groups is 2. The highest BCUT2D eigenvalue weighted by molar-refractivity contribution is 7.92. The fourth-order valence-corrected chi connectivity index (χ4v) is 5.59. The number of nitrogens with one attached hydrogen (secondary N) is 1. The van der Waals surface area contributed by atoms with E-state index < -0.39 is 34.3 Å². The van der Waals surface area contributed by atoms with Crippen molar-refractivity contribution in [3.63, 3.8) is 0 Å². The van der Waals surface area contributed by atoms with E-state index >= 15 is 0 Å². The minimum Gasteiger partial charge on any atom is -0.494 e. The van der Waals surface area contributed by atoms with Crippen molar-refractivity contribution in [3.8, 4) is 5.75 Å². The van der Waals surface area contributed by atoms with Crippen molar-refractivity contribution >= 4 is 27.5 Å². The third-order valence-corrected chi connectivity index (χ3v) is 7.86. The number of sulfonamides is 1. The molecule has 1 fully saturated rings. The maximum absolute atomic E-state index is 13.8. The molecule has 0 aromatic heterocycles. The quantitative estimate of drug-likeness (QED) is 0.429. The van der Waals surface area contributed by atoms with Crippen LogP contribution < -0.4 is 14.4 Å². The fourth-order valence-electron chi connectivity index (χ4n) is 4.74. The summed E-state index contributed by atoms with van der Waals surface area (Å²) in [6, 6.07) is 11.4. The number of nitrogens with zero attached hydrogens (tertiary/aromatic N) is 2. The zero-order valence-electron chi connectivity index (χ0n) is 22.4. The summed E-state index contributed by atoms with van der Waals surface area (Å²) in [5.74, 6) is -0.618. The first-order valence-electron chi connectivity index (χ1n) is 13.2. The molecule has 0 spiro atoms. The molecular formula is C28H38FN3O5S. The van der Waals surface area contributed by atoms with Gasteiger partial charge in [-0.05, 0) is 68.1 Å². The van der Waals surface area contributed by atoms with Crippen LogP contribution in [0.25, 0.3) is 0 Å². The van der Waals surface area contributed by atoms with E-state index in [0.29, 0.717) is 30.0 Å². The lowest BCUT2D eigenvalue weighted by Gasteiger charge is -2.34. The standard InChI is InChI=1S/C28H38FN3O5S/c1-4-26(28(34)30-23-9-7-6-8-10-23)31(19-21-11-13-22(29)14-12-21)27(33)20-32(38(3,35)36)24-15-17-25(18-16-24)37-5-2/h11-18,23,26H,4-10,19-20H2,1-3H3,(H,30,34). The van der Waals surface area contributed by atoms with Gasteiger partial charge in [-0.25, -0.2) is 12.8 Å². The lowest BCUT2D eigenvalue weighted by molar-refractivity contribution is -0.140. The molecule has 10 heteroatoms. The Balaban J connectivity index is 1.89. The van der Waals surface area contributed by atoms with Gasteiger partial charge >= 0.3 is 0 Å². The van der Waals surface area contributed by atoms with Crippen LogP contribution in [0.1, 0.15) is 57.9 Å². The molecular weight excluding hydrogens is 509 g/mol. The van der Waals surface area contributed by atoms with Crippen molar-refractivity contribution in [2.45, 2.75) is 71.0 Å². The molecule has 0 heterocycles. The minimum atomic E-state index is -3.83. The number of anilines is 1. The van der Waals surface area contributed by atoms with Gasteiger partial charge in [0, 0.05) is 12.6 Å². The first-order chi connectivity index (χ1) is 18.1. The number of hydrogen-bond donors (Lipinski definition) is 1. The van der Waals surface area contributed by atoms with Crippen molar-refractivity contribution in [1.82, 2.24) is 10.2 Å². The molecule has 2 amide bonds. The van der Waals surface area contributed by atoms with E-state index in [0.717, 1.165) is 42.7 Å². The number of rotatable bonds is 12. The molecule has 1 N–H and O–H groups in total. The number of ether oxygens (including phenoxy) is 1. The molecule has 0 radical (unpaired) electrons. The highest BCUT2D eigenvalue weighted by atomic mass is 32.2. The van der Waals surface area contributed by atoms with Crippen LogP contribution in [0.4, 0.5) is 10.1 Å². The van der Waals surface area contributed by atoms with Crippen molar-refractivity contribution < 1.29 is 27.1 Å². The zero-order valence-corrected chi connectivity index (χ0v) is 23.2. The van der Waals surface area contributed by atoms with Crippen molar-refractivity contribution in [3.05, 3.63) is 59.9 Å². The summed E-state index contributed by atoms with van der Waals surface area (Å²) < 4.78 is 45.5. The largest absolute Gasteiger partial charge is 0.494 e. The van der Waals surface area contributed by atoms with Crippen LogP contribution in [0.5, 0.6) is 5.75 Å². The van der Waals surface area contributed by atoms with Crippen LogP contribution >= 0.6 is 0 Å². The van der Waals surface area contributed by atoms with Crippen LogP contribution in [0.15, 0.2) is 48.5 Å². The summed E-state index contributed by atoms with van der Waals surface area (Å²) >= 11 is 0. The summed E-state index contributed by atoms with van der Waals surface area (Å²) in [6.45, 7) is 3.68. The average Bonchev–Trinajstić information content (AvgIpc) is 2.89. The zero-order chi connectivity index (χ0) is 27.7. The van der Waals surface area contributed by atoms with E-state index in [1.807, 2.05) is 13.8 Å². The van der Waals surface area contributed by atoms with E-state index in [9.17, 15) is 22.4 Å². The first-order valence-corrected chi connectivity index (χ1v) is 15.0. The number of amides is 2. The highest BCUT2D eigenvalue weighted by Crippen LogP contribution is 2.23. The van der Waals surface area contributed by atoms with Crippen LogP contribution in [-0.4, -0.2) is 56.6 Å². The van der Waals surface area contributed by atoms with Gasteiger partial charge in [-0.2, -0.15) is 0 Å². The average molecular weight is 548 g/mol. The van der Waals surface area contributed by atoms with Gasteiger partial charge in [0.05, 0.1) is 18.6 Å². The number of benzene rings is 2. The van der Waals surface area contributed by atoms with E-state index in [4.69, 9.17) is 4.74 Å². The van der Waals surface area contributed by atoms with E-state index in [1.54, 1.807) is 36.4 Å². The summed E-state index contributed by atoms with van der Waals surface area (Å²) in [6.07, 6.45) is 6.41. The van der Waals surface area contributed by atoms with Gasteiger partial charge in [-0.3, -0.25) is 13.9 Å². The monoisotopic (exact) mass is 547 g/mol. The molecule has 1 aliphatic carbocycles. The van der Waals surface area contributed by atoms with Crippen LogP contribution in [0.2, 0.25) is 0 Å². The molecule has 0 saturated heterocycles. The van der Waals surface area contributed by atoms with Gasteiger partial charge in [0.1, 0.15) is 24.2 Å². The second kappa shape index (κ2) is 13.6. The molecule has 1 atom stereocenters. The highest BCUT2D eigenvalue weighted by Gasteiger charge is 2.32. The van der Waals surface area contributed by atoms with E-state index in [1.165, 1.54) is 17.0 Å². The smallest absolute Gasteiger partial charge is 0.244 e. The molecule has 1 unspecified atom stereocenters. The second-order valence-electron chi connectivity index (χ2n) is 9.61. The molecule has 1 saturated carbocycles. The maximum atomic E-state index is 13.8. The molecule has 38 heavy (non-hydrogen) atoms. The van der Waals surface area contributed by atoms with Gasteiger partial charge in [0.15, 0.2) is 0 Å². The Morgan fingerprint density at radius 1 is 1.03 bits per heavy atom. The van der Waals surface area contributed by atoms with E-state index in [2.05, 4.69) is 5.32 Å². The van der Waals surface area contributed by atoms with Gasteiger partial charge < -0.3 is 15.0 Å². The van der Waals surface area contributed by atoms with Crippen LogP contribution in [-0.2, 0) is 26.2 Å². The molecule has 2 aromatic rings. The normalized spacial score (nSPS) is 14.9. The Kier molecular flexibility index (Phi) is 10.5. The molecule has 2 aromatic carbocycles. The number of carbonyl (C=O) groups excluding carboxylic acids is 2. The van der Waals surface area contributed by atoms with Gasteiger partial charge in [0.25, 0.3) is 0 Å². The topological polar surface area (TPSA) is 96.0 Å². The fraction of sp³-hybridized carbons (Fsp3) is 0.500. The summed E-state index contributed by atoms with van der Waals surface area (Å²) in [7, 11) is -3.83. The van der Waals surface area contributed by atoms with Gasteiger partial charge in [-0.1, -0.05) is 38.3 Å². The molecule has 0 aliphatic heterocycles. The second-order valence-corrected chi connectivity index (χ2v) is 11.5. The SMILES string of the molecule is CCOc1ccc(N(CC(=O)N(Cc2ccc(F)cc2)C(CC)C(=O)NC2CCCCC2)S(C)(=O)=O)cc1. The lowest BCUT2D eigenvalue weighted by Crippen LogP contribution is -2.53. The molecule has 0 bridgehead atoms. The predicted molar refractivity (Wildman–Crippen MR) is 146 cm³/mol. The van der Waals surface area contributed by atoms with Crippen molar-refractivity contribution in [1.29, 1.82) is 0 Å². The summed E-state index contributed by atoms with van der Waals surface area (Å²) in [5, 5.41) is 3.09. The Hall–Kier alpha value is -3.14. The van der Waals surface area contributed by atoms with E-state index in [-0.39, 0.29) is 18.5 Å². The number of hydrogen-bond acceptors (Lipinski definition) is 5. The Bertz CT molecular complexity index is 1170. The Morgan fingerprint density at radius 2 is 1.66 bits per heavy atom. The predicted octanol–water partition coefficient (Wildman–Crippen LogP) is 4.25. The molecule has 3 rings (SSSR count). The van der Waals surface area contributed by atoms with Gasteiger partial charge in [-0.15, -0.1) is 0 Å². The summed E-state index contributed by atoms with van der Waals surface area (Å²) in [5.41, 5.74) is 0.946. The third-order valence-electron chi connectivity index (χ3n) is 6.72. The van der Waals surface area contributed by atoms with Crippen LogP contribution in [0.3, 0.4) is 0 Å².